The van der Waals surface area contributed by atoms with E-state index in [1.165, 1.54) is 12.1 Å². The Morgan fingerprint density at radius 3 is 2.67 bits per heavy atom. The first-order chi connectivity index (χ1) is 15.7. The lowest BCUT2D eigenvalue weighted by Gasteiger charge is -2.15. The zero-order chi connectivity index (χ0) is 23.6. The fraction of sp³-hybridized carbons (Fsp3) is 0.0952. The largest absolute Gasteiger partial charge is 0.491 e. The number of amides is 1. The molecule has 0 aliphatic carbocycles. The maximum Gasteiger partial charge on any atom is 0.491 e. The maximum absolute atomic E-state index is 13.5. The molecule has 0 saturated heterocycles. The van der Waals surface area contributed by atoms with Crippen molar-refractivity contribution < 1.29 is 27.6 Å². The van der Waals surface area contributed by atoms with Gasteiger partial charge in [0, 0.05) is 23.3 Å². The van der Waals surface area contributed by atoms with Crippen molar-refractivity contribution in [1.29, 1.82) is 0 Å². The summed E-state index contributed by atoms with van der Waals surface area (Å²) in [6, 6.07) is 11.1. The molecular weight excluding hydrogens is 438 g/mol. The van der Waals surface area contributed by atoms with Gasteiger partial charge in [-0.1, -0.05) is 18.7 Å². The topological polar surface area (TPSA) is 108 Å². The van der Waals surface area contributed by atoms with Gasteiger partial charge in [-0.3, -0.25) is 4.79 Å². The van der Waals surface area contributed by atoms with E-state index in [2.05, 4.69) is 32.5 Å². The summed E-state index contributed by atoms with van der Waals surface area (Å²) in [7, 11) is -1.00. The van der Waals surface area contributed by atoms with Gasteiger partial charge in [-0.15, -0.1) is 0 Å². The first kappa shape index (κ1) is 22.3. The molecule has 0 atom stereocenters. The highest BCUT2D eigenvalue weighted by molar-refractivity contribution is 6.61. The summed E-state index contributed by atoms with van der Waals surface area (Å²) in [5.74, 6) is -0.989. The number of nitrogens with zero attached hydrogens (tertiary/aromatic N) is 2. The van der Waals surface area contributed by atoms with Crippen molar-refractivity contribution in [2.75, 3.05) is 16.0 Å². The van der Waals surface area contributed by atoms with E-state index in [1.807, 2.05) is 0 Å². The Labute approximate surface area is 186 Å². The molecule has 4 N–H and O–H groups in total. The third-order valence-electron chi connectivity index (χ3n) is 4.73. The van der Waals surface area contributed by atoms with Crippen LogP contribution in [-0.2, 0) is 22.2 Å². The lowest BCUT2D eigenvalue weighted by Crippen LogP contribution is -2.27. The standard InChI is InChI=1S/C21H17BF3N5O3/c1-2-18(31)27-13-4-3-5-14(9-13)28-19-16(21(23,24)25)10-26-20(30-19)29-15-6-7-17-12(8-15)11-33-22(17)32/h2-10,32H,1,11H2,(H,27,31)(H2,26,28,29,30). The summed E-state index contributed by atoms with van der Waals surface area (Å²) < 4.78 is 45.8. The van der Waals surface area contributed by atoms with Gasteiger partial charge < -0.3 is 25.6 Å². The number of rotatable bonds is 6. The fourth-order valence-electron chi connectivity index (χ4n) is 3.19. The number of anilines is 5. The van der Waals surface area contributed by atoms with Crippen LogP contribution >= 0.6 is 0 Å². The summed E-state index contributed by atoms with van der Waals surface area (Å²) >= 11 is 0. The maximum atomic E-state index is 13.5. The van der Waals surface area contributed by atoms with Crippen LogP contribution in [0.15, 0.2) is 61.3 Å². The van der Waals surface area contributed by atoms with Crippen LogP contribution < -0.4 is 21.4 Å². The third-order valence-corrected chi connectivity index (χ3v) is 4.73. The number of aromatic nitrogens is 2. The molecule has 12 heteroatoms. The number of hydrogen-bond donors (Lipinski definition) is 4. The van der Waals surface area contributed by atoms with Crippen molar-refractivity contribution >= 4 is 47.3 Å². The summed E-state index contributed by atoms with van der Waals surface area (Å²) in [5.41, 5.74) is 1.48. The van der Waals surface area contributed by atoms with E-state index in [9.17, 15) is 23.0 Å². The van der Waals surface area contributed by atoms with Crippen LogP contribution in [0.4, 0.5) is 42.0 Å². The number of halogens is 3. The van der Waals surface area contributed by atoms with Crippen molar-refractivity contribution in [3.63, 3.8) is 0 Å². The van der Waals surface area contributed by atoms with Crippen molar-refractivity contribution in [2.45, 2.75) is 12.8 Å². The Morgan fingerprint density at radius 2 is 1.91 bits per heavy atom. The molecule has 0 radical (unpaired) electrons. The second kappa shape index (κ2) is 8.92. The van der Waals surface area contributed by atoms with Gasteiger partial charge in [-0.05, 0) is 47.4 Å². The van der Waals surface area contributed by atoms with Crippen molar-refractivity contribution in [3.8, 4) is 0 Å². The predicted molar refractivity (Wildman–Crippen MR) is 118 cm³/mol. The first-order valence-corrected chi connectivity index (χ1v) is 9.67. The monoisotopic (exact) mass is 455 g/mol. The fourth-order valence-corrected chi connectivity index (χ4v) is 3.19. The highest BCUT2D eigenvalue weighted by atomic mass is 19.4. The van der Waals surface area contributed by atoms with E-state index in [4.69, 9.17) is 4.65 Å². The number of carbonyl (C=O) groups is 1. The molecule has 0 spiro atoms. The summed E-state index contributed by atoms with van der Waals surface area (Å²) in [6.07, 6.45) is -2.94. The average Bonchev–Trinajstić information content (AvgIpc) is 3.13. The molecule has 8 nitrogen and oxygen atoms in total. The number of fused-ring (bicyclic) bond motifs is 1. The molecule has 0 bridgehead atoms. The van der Waals surface area contributed by atoms with Crippen LogP contribution in [0.2, 0.25) is 0 Å². The van der Waals surface area contributed by atoms with Crippen LogP contribution in [0.3, 0.4) is 0 Å². The van der Waals surface area contributed by atoms with E-state index >= 15 is 0 Å². The minimum absolute atomic E-state index is 0.0685. The molecule has 0 fully saturated rings. The Balaban J connectivity index is 1.62. The van der Waals surface area contributed by atoms with Crippen molar-refractivity contribution in [2.24, 2.45) is 0 Å². The number of nitrogens with one attached hydrogen (secondary N) is 3. The SMILES string of the molecule is C=CC(=O)Nc1cccc(Nc2nc(Nc3ccc4c(c3)COB4O)ncc2C(F)(F)F)c1. The van der Waals surface area contributed by atoms with Gasteiger partial charge >= 0.3 is 13.3 Å². The van der Waals surface area contributed by atoms with Gasteiger partial charge in [-0.2, -0.15) is 18.2 Å². The highest BCUT2D eigenvalue weighted by Crippen LogP contribution is 2.35. The van der Waals surface area contributed by atoms with E-state index in [1.54, 1.807) is 30.3 Å². The Bertz CT molecular complexity index is 1220. The normalized spacial score (nSPS) is 12.8. The molecule has 1 aliphatic rings. The zero-order valence-corrected chi connectivity index (χ0v) is 17.0. The van der Waals surface area contributed by atoms with E-state index in [0.29, 0.717) is 23.0 Å². The first-order valence-electron chi connectivity index (χ1n) is 9.67. The molecular formula is C21H17BF3N5O3. The van der Waals surface area contributed by atoms with Crippen LogP contribution in [0.25, 0.3) is 0 Å². The molecule has 1 amide bonds. The summed E-state index contributed by atoms with van der Waals surface area (Å²) in [6.45, 7) is 3.57. The van der Waals surface area contributed by atoms with E-state index in [-0.39, 0.29) is 18.2 Å². The number of alkyl halides is 3. The number of benzene rings is 2. The lowest BCUT2D eigenvalue weighted by atomic mass is 9.79. The summed E-state index contributed by atoms with van der Waals surface area (Å²) in [4.78, 5) is 19.3. The molecule has 0 saturated carbocycles. The quantitative estimate of drug-likeness (QED) is 0.334. The van der Waals surface area contributed by atoms with Gasteiger partial charge in [0.25, 0.3) is 0 Å². The Kier molecular flexibility index (Phi) is 6.03. The molecule has 168 valence electrons. The van der Waals surface area contributed by atoms with Gasteiger partial charge in [0.15, 0.2) is 0 Å². The van der Waals surface area contributed by atoms with Crippen LogP contribution in [0.1, 0.15) is 11.1 Å². The average molecular weight is 455 g/mol. The van der Waals surface area contributed by atoms with Crippen LogP contribution in [0, 0.1) is 0 Å². The van der Waals surface area contributed by atoms with Gasteiger partial charge in [0.05, 0.1) is 6.61 Å². The van der Waals surface area contributed by atoms with Crippen molar-refractivity contribution in [3.05, 3.63) is 72.4 Å². The third kappa shape index (κ3) is 5.13. The molecule has 2 aromatic carbocycles. The minimum atomic E-state index is -4.70. The second-order valence-corrected chi connectivity index (χ2v) is 7.05. The van der Waals surface area contributed by atoms with E-state index < -0.39 is 30.6 Å². The van der Waals surface area contributed by atoms with E-state index in [0.717, 1.165) is 11.6 Å². The highest BCUT2D eigenvalue weighted by Gasteiger charge is 2.35. The molecule has 0 unspecified atom stereocenters. The smallest absolute Gasteiger partial charge is 0.423 e. The van der Waals surface area contributed by atoms with Crippen LogP contribution in [0.5, 0.6) is 0 Å². The number of hydrogen-bond acceptors (Lipinski definition) is 7. The summed E-state index contributed by atoms with van der Waals surface area (Å²) in [5, 5.41) is 17.8. The van der Waals surface area contributed by atoms with Crippen LogP contribution in [-0.4, -0.2) is 28.0 Å². The molecule has 33 heavy (non-hydrogen) atoms. The zero-order valence-electron chi connectivity index (χ0n) is 17.0. The molecule has 2 heterocycles. The Morgan fingerprint density at radius 1 is 1.15 bits per heavy atom. The van der Waals surface area contributed by atoms with Gasteiger partial charge in [0.2, 0.25) is 11.9 Å². The van der Waals surface area contributed by atoms with Gasteiger partial charge in [0.1, 0.15) is 11.4 Å². The minimum Gasteiger partial charge on any atom is -0.423 e. The molecule has 3 aromatic rings. The Hall–Kier alpha value is -3.90. The lowest BCUT2D eigenvalue weighted by molar-refractivity contribution is -0.137. The second-order valence-electron chi connectivity index (χ2n) is 7.05. The molecule has 4 rings (SSSR count). The van der Waals surface area contributed by atoms with Crippen molar-refractivity contribution in [1.82, 2.24) is 9.97 Å². The van der Waals surface area contributed by atoms with Gasteiger partial charge in [-0.25, -0.2) is 4.98 Å². The predicted octanol–water partition coefficient (Wildman–Crippen LogP) is 3.32. The number of carbonyl (C=O) groups excluding carboxylic acids is 1. The molecule has 1 aromatic heterocycles. The molecule has 1 aliphatic heterocycles.